The minimum atomic E-state index is -1.43. The van der Waals surface area contributed by atoms with Gasteiger partial charge in [0.1, 0.15) is 5.60 Å². The highest BCUT2D eigenvalue weighted by molar-refractivity contribution is 6.22. The number of aliphatic hydroxyl groups is 1. The van der Waals surface area contributed by atoms with Crippen LogP contribution in [0.3, 0.4) is 0 Å². The molecule has 0 fully saturated rings. The monoisotopic (exact) mass is 209 g/mol. The van der Waals surface area contributed by atoms with Crippen LogP contribution in [0, 0.1) is 0 Å². The molecule has 0 aromatic carbocycles. The summed E-state index contributed by atoms with van der Waals surface area (Å²) in [6, 6.07) is 0. The molecular formula is C8H16ClNO3. The fraction of sp³-hybridized carbons (Fsp3) is 0.875. The molecule has 0 unspecified atom stereocenters. The Morgan fingerprint density at radius 2 is 1.92 bits per heavy atom. The highest BCUT2D eigenvalue weighted by Gasteiger charge is 2.20. The Hall–Kier alpha value is -0.480. The van der Waals surface area contributed by atoms with Crippen molar-refractivity contribution in [3.05, 3.63) is 0 Å². The topological polar surface area (TPSA) is 58.6 Å². The van der Waals surface area contributed by atoms with E-state index in [4.69, 9.17) is 21.4 Å². The molecule has 0 aliphatic heterocycles. The number of halogens is 1. The van der Waals surface area contributed by atoms with Crippen LogP contribution in [0.2, 0.25) is 0 Å². The van der Waals surface area contributed by atoms with E-state index < -0.39 is 16.8 Å². The van der Waals surface area contributed by atoms with Gasteiger partial charge in [0.2, 0.25) is 0 Å². The first-order chi connectivity index (χ1) is 5.60. The summed E-state index contributed by atoms with van der Waals surface area (Å²) in [7, 11) is 0. The quantitative estimate of drug-likeness (QED) is 0.677. The summed E-state index contributed by atoms with van der Waals surface area (Å²) < 4.78 is 4.91. The molecule has 13 heavy (non-hydrogen) atoms. The summed E-state index contributed by atoms with van der Waals surface area (Å²) in [5.74, 6) is 0. The molecule has 0 radical (unpaired) electrons. The van der Waals surface area contributed by atoms with Crippen molar-refractivity contribution in [1.82, 2.24) is 5.32 Å². The van der Waals surface area contributed by atoms with Crippen molar-refractivity contribution >= 4 is 17.7 Å². The number of carbonyl (C=O) groups excluding carboxylic acids is 1. The van der Waals surface area contributed by atoms with Crippen LogP contribution >= 0.6 is 11.6 Å². The zero-order chi connectivity index (χ0) is 10.7. The van der Waals surface area contributed by atoms with Gasteiger partial charge in [-0.25, -0.2) is 4.79 Å². The normalized spacial score (nSPS) is 16.2. The van der Waals surface area contributed by atoms with Crippen molar-refractivity contribution in [3.8, 4) is 0 Å². The minimum absolute atomic E-state index is 0.0521. The summed E-state index contributed by atoms with van der Waals surface area (Å²) in [4.78, 5) is 11.0. The van der Waals surface area contributed by atoms with Gasteiger partial charge in [0.25, 0.3) is 0 Å². The van der Waals surface area contributed by atoms with Gasteiger partial charge in [0.05, 0.1) is 6.54 Å². The Morgan fingerprint density at radius 1 is 1.46 bits per heavy atom. The lowest BCUT2D eigenvalue weighted by atomic mass is 10.2. The second kappa shape index (κ2) is 4.15. The second-order valence-corrected chi connectivity index (χ2v) is 4.81. The van der Waals surface area contributed by atoms with Crippen LogP contribution in [0.5, 0.6) is 0 Å². The molecule has 0 saturated carbocycles. The van der Waals surface area contributed by atoms with E-state index in [0.717, 1.165) is 0 Å². The molecule has 1 amide bonds. The molecule has 4 nitrogen and oxygen atoms in total. The smallest absolute Gasteiger partial charge is 0.407 e. The highest BCUT2D eigenvalue weighted by Crippen LogP contribution is 2.09. The van der Waals surface area contributed by atoms with E-state index in [-0.39, 0.29) is 6.54 Å². The van der Waals surface area contributed by atoms with Gasteiger partial charge in [-0.1, -0.05) is 11.6 Å². The third kappa shape index (κ3) is 9.43. The molecule has 0 rings (SSSR count). The molecule has 0 aliphatic carbocycles. The predicted octanol–water partition coefficient (Wildman–Crippen LogP) is 1.46. The lowest BCUT2D eigenvalue weighted by molar-refractivity contribution is 0.0478. The summed E-state index contributed by atoms with van der Waals surface area (Å²) in [6.07, 6.45) is -0.589. The fourth-order valence-corrected chi connectivity index (χ4v) is 0.614. The number of rotatable bonds is 2. The number of hydrogen-bond acceptors (Lipinski definition) is 3. The van der Waals surface area contributed by atoms with Gasteiger partial charge in [0, 0.05) is 0 Å². The van der Waals surface area contributed by atoms with E-state index in [2.05, 4.69) is 5.32 Å². The summed E-state index contributed by atoms with van der Waals surface area (Å²) in [6.45, 7) is 6.59. The fourth-order valence-electron chi connectivity index (χ4n) is 0.548. The van der Waals surface area contributed by atoms with Crippen molar-refractivity contribution in [1.29, 1.82) is 0 Å². The number of amides is 1. The van der Waals surface area contributed by atoms with Crippen molar-refractivity contribution in [2.45, 2.75) is 38.4 Å². The summed E-state index contributed by atoms with van der Waals surface area (Å²) >= 11 is 5.43. The van der Waals surface area contributed by atoms with Gasteiger partial charge in [-0.3, -0.25) is 0 Å². The van der Waals surface area contributed by atoms with E-state index in [0.29, 0.717) is 0 Å². The average molecular weight is 210 g/mol. The number of alkyl halides is 1. The van der Waals surface area contributed by atoms with Gasteiger partial charge in [-0.2, -0.15) is 0 Å². The Balaban J connectivity index is 3.78. The van der Waals surface area contributed by atoms with Gasteiger partial charge in [-0.05, 0) is 27.7 Å². The van der Waals surface area contributed by atoms with E-state index in [1.54, 1.807) is 20.8 Å². The van der Waals surface area contributed by atoms with Crippen LogP contribution in [-0.2, 0) is 4.74 Å². The van der Waals surface area contributed by atoms with Crippen molar-refractivity contribution in [3.63, 3.8) is 0 Å². The molecule has 0 spiro atoms. The number of alkyl carbamates (subject to hydrolysis) is 1. The molecule has 0 bridgehead atoms. The first kappa shape index (κ1) is 12.5. The number of carbonyl (C=O) groups is 1. The molecule has 0 heterocycles. The molecule has 5 heteroatoms. The van der Waals surface area contributed by atoms with Crippen LogP contribution in [0.15, 0.2) is 0 Å². The van der Waals surface area contributed by atoms with E-state index in [1.165, 1.54) is 6.92 Å². The lowest BCUT2D eigenvalue weighted by Gasteiger charge is -2.21. The maximum absolute atomic E-state index is 11.0. The Labute approximate surface area is 83.2 Å². The first-order valence-electron chi connectivity index (χ1n) is 3.98. The number of hydrogen-bond donors (Lipinski definition) is 2. The third-order valence-electron chi connectivity index (χ3n) is 0.954. The maximum Gasteiger partial charge on any atom is 0.407 e. The average Bonchev–Trinajstić information content (AvgIpc) is 1.78. The Morgan fingerprint density at radius 3 is 2.23 bits per heavy atom. The zero-order valence-electron chi connectivity index (χ0n) is 8.35. The van der Waals surface area contributed by atoms with Crippen LogP contribution in [0.4, 0.5) is 4.79 Å². The maximum atomic E-state index is 11.0. The molecule has 2 N–H and O–H groups in total. The van der Waals surface area contributed by atoms with Crippen LogP contribution < -0.4 is 5.32 Å². The van der Waals surface area contributed by atoms with Gasteiger partial charge >= 0.3 is 6.09 Å². The summed E-state index contributed by atoms with van der Waals surface area (Å²) in [5.41, 5.74) is -0.539. The number of nitrogens with one attached hydrogen (secondary N) is 1. The highest BCUT2D eigenvalue weighted by atomic mass is 35.5. The van der Waals surface area contributed by atoms with Gasteiger partial charge in [-0.15, -0.1) is 0 Å². The van der Waals surface area contributed by atoms with Gasteiger partial charge < -0.3 is 15.2 Å². The van der Waals surface area contributed by atoms with E-state index in [1.807, 2.05) is 0 Å². The van der Waals surface area contributed by atoms with Crippen LogP contribution in [-0.4, -0.2) is 28.4 Å². The summed E-state index contributed by atoms with van der Waals surface area (Å²) in [5, 5.41) is 9.96. The predicted molar refractivity (Wildman–Crippen MR) is 50.7 cm³/mol. The van der Waals surface area contributed by atoms with E-state index >= 15 is 0 Å². The second-order valence-electron chi connectivity index (χ2n) is 4.00. The molecule has 1 atom stereocenters. The lowest BCUT2D eigenvalue weighted by Crippen LogP contribution is -2.39. The van der Waals surface area contributed by atoms with Crippen LogP contribution in [0.1, 0.15) is 27.7 Å². The molecule has 0 saturated heterocycles. The van der Waals surface area contributed by atoms with Crippen molar-refractivity contribution in [2.24, 2.45) is 0 Å². The first-order valence-corrected chi connectivity index (χ1v) is 4.36. The SMILES string of the molecule is CC(C)(C)OC(=O)NC[C@@](C)(O)Cl. The Bertz CT molecular complexity index is 181. The van der Waals surface area contributed by atoms with E-state index in [9.17, 15) is 4.79 Å². The molecule has 78 valence electrons. The van der Waals surface area contributed by atoms with Gasteiger partial charge in [0.15, 0.2) is 5.06 Å². The molecule has 0 aromatic heterocycles. The van der Waals surface area contributed by atoms with Crippen molar-refractivity contribution in [2.75, 3.05) is 6.54 Å². The molecule has 0 aliphatic rings. The third-order valence-corrected chi connectivity index (χ3v) is 1.09. The standard InChI is InChI=1S/C8H16ClNO3/c1-7(2,3)13-6(11)10-5-8(4,9)12/h12H,5H2,1-4H3,(H,10,11)/t8-/m1/s1. The molecular weight excluding hydrogens is 194 g/mol. The van der Waals surface area contributed by atoms with Crippen LogP contribution in [0.25, 0.3) is 0 Å². The van der Waals surface area contributed by atoms with Crippen molar-refractivity contribution < 1.29 is 14.6 Å². The minimum Gasteiger partial charge on any atom is -0.444 e. The molecule has 0 aromatic rings. The largest absolute Gasteiger partial charge is 0.444 e. The zero-order valence-corrected chi connectivity index (χ0v) is 9.10. The number of ether oxygens (including phenoxy) is 1. The Kier molecular flexibility index (Phi) is 4.00.